The van der Waals surface area contributed by atoms with Crippen molar-refractivity contribution in [1.29, 1.82) is 0 Å². The summed E-state index contributed by atoms with van der Waals surface area (Å²) in [6, 6.07) is 0. The molecule has 0 atom stereocenters. The van der Waals surface area contributed by atoms with E-state index in [2.05, 4.69) is 5.32 Å². The number of amides is 1. The van der Waals surface area contributed by atoms with Crippen LogP contribution in [-0.2, 0) is 4.79 Å². The van der Waals surface area contributed by atoms with E-state index in [1.54, 1.807) is 6.92 Å². The number of carbonyl (C=O) groups is 1. The molecule has 0 aromatic carbocycles. The second-order valence-corrected chi connectivity index (χ2v) is 1.11. The Balaban J connectivity index is 3.00. The second kappa shape index (κ2) is 3.61. The molecule has 42 valence electrons. The quantitative estimate of drug-likeness (QED) is 0.476. The van der Waals surface area contributed by atoms with Crippen molar-refractivity contribution in [1.82, 2.24) is 5.32 Å². The fourth-order valence-electron chi connectivity index (χ4n) is 0.253. The van der Waals surface area contributed by atoms with Crippen LogP contribution in [0.3, 0.4) is 0 Å². The minimum Gasteiger partial charge on any atom is -0.387 e. The van der Waals surface area contributed by atoms with Gasteiger partial charge in [0.1, 0.15) is 6.61 Å². The highest BCUT2D eigenvalue weighted by atomic mass is 16.3. The van der Waals surface area contributed by atoms with Gasteiger partial charge in [-0.1, -0.05) is 0 Å². The molecule has 1 amide bonds. The van der Waals surface area contributed by atoms with Gasteiger partial charge in [-0.3, -0.25) is 4.79 Å². The summed E-state index contributed by atoms with van der Waals surface area (Å²) in [6.45, 7) is 1.97. The predicted molar refractivity (Wildman–Crippen MR) is 25.8 cm³/mol. The van der Waals surface area contributed by atoms with Crippen molar-refractivity contribution in [2.24, 2.45) is 0 Å². The van der Waals surface area contributed by atoms with Crippen molar-refractivity contribution in [2.75, 3.05) is 13.2 Å². The Bertz CT molecular complexity index is 62.7. The first-order valence-electron chi connectivity index (χ1n) is 2.18. The molecule has 0 saturated carbocycles. The van der Waals surface area contributed by atoms with Crippen LogP contribution in [0.5, 0.6) is 0 Å². The SMILES string of the molecule is CCNC(=O)CO. The van der Waals surface area contributed by atoms with Gasteiger partial charge in [0.2, 0.25) is 5.91 Å². The number of rotatable bonds is 2. The molecule has 0 unspecified atom stereocenters. The zero-order valence-corrected chi connectivity index (χ0v) is 4.27. The number of hydrogen-bond acceptors (Lipinski definition) is 2. The number of aliphatic hydroxyl groups excluding tert-OH is 1. The summed E-state index contributed by atoms with van der Waals surface area (Å²) >= 11 is 0. The van der Waals surface area contributed by atoms with Crippen LogP contribution in [0.15, 0.2) is 0 Å². The molecule has 2 N–H and O–H groups in total. The average molecular weight is 103 g/mol. The van der Waals surface area contributed by atoms with Crippen molar-refractivity contribution in [2.45, 2.75) is 6.92 Å². The van der Waals surface area contributed by atoms with E-state index in [1.165, 1.54) is 0 Å². The number of aliphatic hydroxyl groups is 1. The van der Waals surface area contributed by atoms with Crippen LogP contribution in [0.4, 0.5) is 0 Å². The van der Waals surface area contributed by atoms with Gasteiger partial charge in [-0.15, -0.1) is 0 Å². The molecule has 3 heteroatoms. The van der Waals surface area contributed by atoms with Crippen molar-refractivity contribution in [3.8, 4) is 0 Å². The van der Waals surface area contributed by atoms with Crippen LogP contribution in [-0.4, -0.2) is 24.2 Å². The van der Waals surface area contributed by atoms with Crippen molar-refractivity contribution in [3.63, 3.8) is 0 Å². The Labute approximate surface area is 42.3 Å². The minimum absolute atomic E-state index is 0.317. The van der Waals surface area contributed by atoms with Gasteiger partial charge in [-0.2, -0.15) is 0 Å². The highest BCUT2D eigenvalue weighted by molar-refractivity contribution is 5.76. The summed E-state index contributed by atoms with van der Waals surface area (Å²) in [5.41, 5.74) is 0. The van der Waals surface area contributed by atoms with Gasteiger partial charge in [0.25, 0.3) is 0 Å². The first-order valence-corrected chi connectivity index (χ1v) is 2.18. The van der Waals surface area contributed by atoms with Crippen molar-refractivity contribution >= 4 is 5.91 Å². The summed E-state index contributed by atoms with van der Waals surface area (Å²) in [6.07, 6.45) is 0. The maximum atomic E-state index is 10.1. The summed E-state index contributed by atoms with van der Waals surface area (Å²) in [5, 5.41) is 10.5. The largest absolute Gasteiger partial charge is 0.387 e. The summed E-state index contributed by atoms with van der Waals surface area (Å²) in [4.78, 5) is 10.1. The van der Waals surface area contributed by atoms with Gasteiger partial charge in [0, 0.05) is 6.54 Å². The highest BCUT2D eigenvalue weighted by Crippen LogP contribution is 1.57. The third kappa shape index (κ3) is 3.26. The van der Waals surface area contributed by atoms with Gasteiger partial charge >= 0.3 is 0 Å². The minimum atomic E-state index is -0.409. The van der Waals surface area contributed by atoms with Crippen molar-refractivity contribution in [3.05, 3.63) is 0 Å². The first-order chi connectivity index (χ1) is 3.31. The Morgan fingerprint density at radius 2 is 2.43 bits per heavy atom. The Morgan fingerprint density at radius 3 is 2.57 bits per heavy atom. The van der Waals surface area contributed by atoms with Crippen LogP contribution in [0.2, 0.25) is 0 Å². The molecule has 3 nitrogen and oxygen atoms in total. The zero-order valence-electron chi connectivity index (χ0n) is 4.27. The lowest BCUT2D eigenvalue weighted by Gasteiger charge is -1.93. The smallest absolute Gasteiger partial charge is 0.245 e. The van der Waals surface area contributed by atoms with Crippen LogP contribution in [0, 0.1) is 0 Å². The lowest BCUT2D eigenvalue weighted by atomic mass is 10.6. The van der Waals surface area contributed by atoms with Gasteiger partial charge in [-0.05, 0) is 6.92 Å². The number of nitrogens with one attached hydrogen (secondary N) is 1. The van der Waals surface area contributed by atoms with E-state index < -0.39 is 6.61 Å². The summed E-state index contributed by atoms with van der Waals surface area (Å²) in [5.74, 6) is -0.317. The van der Waals surface area contributed by atoms with E-state index in [0.29, 0.717) is 6.54 Å². The topological polar surface area (TPSA) is 49.3 Å². The maximum Gasteiger partial charge on any atom is 0.245 e. The molecular formula is C4H9NO2. The van der Waals surface area contributed by atoms with E-state index in [1.807, 2.05) is 0 Å². The highest BCUT2D eigenvalue weighted by Gasteiger charge is 1.89. The van der Waals surface area contributed by atoms with Crippen LogP contribution < -0.4 is 5.32 Å². The van der Waals surface area contributed by atoms with Gasteiger partial charge in [0.05, 0.1) is 0 Å². The molecular weight excluding hydrogens is 94.0 g/mol. The van der Waals surface area contributed by atoms with E-state index in [0.717, 1.165) is 0 Å². The summed E-state index contributed by atoms with van der Waals surface area (Å²) < 4.78 is 0. The molecule has 0 bridgehead atoms. The van der Waals surface area contributed by atoms with E-state index in [-0.39, 0.29) is 5.91 Å². The lowest BCUT2D eigenvalue weighted by Crippen LogP contribution is -2.25. The first kappa shape index (κ1) is 6.43. The van der Waals surface area contributed by atoms with Gasteiger partial charge < -0.3 is 10.4 Å². The van der Waals surface area contributed by atoms with Crippen LogP contribution in [0.1, 0.15) is 6.92 Å². The Kier molecular flexibility index (Phi) is 3.32. The van der Waals surface area contributed by atoms with Gasteiger partial charge in [-0.25, -0.2) is 0 Å². The summed E-state index contributed by atoms with van der Waals surface area (Å²) in [7, 11) is 0. The molecule has 0 aromatic heterocycles. The van der Waals surface area contributed by atoms with E-state index in [4.69, 9.17) is 5.11 Å². The molecule has 0 spiro atoms. The van der Waals surface area contributed by atoms with Crippen LogP contribution >= 0.6 is 0 Å². The molecule has 0 fully saturated rings. The van der Waals surface area contributed by atoms with Crippen molar-refractivity contribution < 1.29 is 9.90 Å². The zero-order chi connectivity index (χ0) is 5.70. The standard InChI is InChI=1S/C4H9NO2/c1-2-5-4(7)3-6/h6H,2-3H2,1H3,(H,5,7). The normalized spacial score (nSPS) is 8.29. The second-order valence-electron chi connectivity index (χ2n) is 1.11. The number of likely N-dealkylation sites (N-methyl/N-ethyl adjacent to an activating group) is 1. The number of carbonyl (C=O) groups excluding carboxylic acids is 1. The average Bonchev–Trinajstić information content (AvgIpc) is 1.68. The third-order valence-corrected chi connectivity index (χ3v) is 0.518. The fraction of sp³-hybridized carbons (Fsp3) is 0.750. The predicted octanol–water partition coefficient (Wildman–Crippen LogP) is -0.885. The molecule has 0 radical (unpaired) electrons. The molecule has 0 aliphatic carbocycles. The number of hydrogen-bond donors (Lipinski definition) is 2. The molecule has 0 aromatic rings. The Hall–Kier alpha value is -0.570. The Morgan fingerprint density at radius 1 is 1.86 bits per heavy atom. The van der Waals surface area contributed by atoms with E-state index in [9.17, 15) is 4.79 Å². The molecule has 0 rings (SSSR count). The molecule has 0 heterocycles. The lowest BCUT2D eigenvalue weighted by molar-refractivity contribution is -0.123. The monoisotopic (exact) mass is 103 g/mol. The van der Waals surface area contributed by atoms with E-state index >= 15 is 0 Å². The molecule has 0 aliphatic rings. The molecule has 7 heavy (non-hydrogen) atoms. The van der Waals surface area contributed by atoms with Gasteiger partial charge in [0.15, 0.2) is 0 Å². The fourth-order valence-corrected chi connectivity index (χ4v) is 0.253. The third-order valence-electron chi connectivity index (χ3n) is 0.518. The molecule has 0 aliphatic heterocycles. The maximum absolute atomic E-state index is 10.1. The van der Waals surface area contributed by atoms with Crippen LogP contribution in [0.25, 0.3) is 0 Å². The molecule has 0 saturated heterocycles.